The molecule has 0 saturated heterocycles. The Bertz CT molecular complexity index is 550. The molecule has 0 radical (unpaired) electrons. The first-order valence-electron chi connectivity index (χ1n) is 5.86. The van der Waals surface area contributed by atoms with Crippen LogP contribution in [0.4, 0.5) is 0 Å². The zero-order valence-corrected chi connectivity index (χ0v) is 11.8. The Morgan fingerprint density at radius 1 is 1.58 bits per heavy atom. The average molecular weight is 289 g/mol. The van der Waals surface area contributed by atoms with E-state index in [4.69, 9.17) is 10.2 Å². The minimum Gasteiger partial charge on any atom is -0.396 e. The quantitative estimate of drug-likeness (QED) is 0.658. The number of carbonyl (C=O) groups is 1. The van der Waals surface area contributed by atoms with Crippen LogP contribution >= 0.6 is 0 Å². The van der Waals surface area contributed by atoms with E-state index in [1.54, 1.807) is 7.05 Å². The van der Waals surface area contributed by atoms with Gasteiger partial charge in [0.05, 0.1) is 0 Å². The molecule has 0 aliphatic carbocycles. The summed E-state index contributed by atoms with van der Waals surface area (Å²) in [5, 5.41) is 16.4. The van der Waals surface area contributed by atoms with Gasteiger partial charge in [-0.3, -0.25) is 4.79 Å². The van der Waals surface area contributed by atoms with E-state index in [9.17, 15) is 13.2 Å². The van der Waals surface area contributed by atoms with Crippen molar-refractivity contribution < 1.29 is 18.3 Å². The number of amides is 1. The van der Waals surface area contributed by atoms with Crippen LogP contribution in [0, 0.1) is 0 Å². The van der Waals surface area contributed by atoms with E-state index in [0.717, 1.165) is 0 Å². The number of primary sulfonamides is 1. The molecule has 1 atom stereocenters. The van der Waals surface area contributed by atoms with Crippen LogP contribution in [-0.2, 0) is 17.1 Å². The van der Waals surface area contributed by atoms with Crippen LogP contribution in [0.3, 0.4) is 0 Å². The van der Waals surface area contributed by atoms with Crippen LogP contribution < -0.4 is 10.5 Å². The van der Waals surface area contributed by atoms with Crippen molar-refractivity contribution in [3.05, 3.63) is 18.0 Å². The monoisotopic (exact) mass is 289 g/mol. The van der Waals surface area contributed by atoms with Crippen LogP contribution in [0.1, 0.15) is 30.3 Å². The van der Waals surface area contributed by atoms with Crippen molar-refractivity contribution in [3.63, 3.8) is 0 Å². The number of aliphatic hydroxyl groups is 1. The third-order valence-electron chi connectivity index (χ3n) is 2.71. The fraction of sp³-hybridized carbons (Fsp3) is 0.545. The number of hydrogen-bond acceptors (Lipinski definition) is 4. The van der Waals surface area contributed by atoms with E-state index in [1.165, 1.54) is 16.8 Å². The second-order valence-corrected chi connectivity index (χ2v) is 6.02. The van der Waals surface area contributed by atoms with E-state index in [2.05, 4.69) is 5.32 Å². The largest absolute Gasteiger partial charge is 0.396 e. The summed E-state index contributed by atoms with van der Waals surface area (Å²) in [4.78, 5) is 11.9. The zero-order valence-electron chi connectivity index (χ0n) is 11.0. The minimum atomic E-state index is -3.81. The van der Waals surface area contributed by atoms with Gasteiger partial charge in [-0.2, -0.15) is 0 Å². The van der Waals surface area contributed by atoms with Crippen molar-refractivity contribution in [2.45, 2.75) is 30.7 Å². The lowest BCUT2D eigenvalue weighted by atomic mass is 10.2. The first-order valence-corrected chi connectivity index (χ1v) is 7.41. The Labute approximate surface area is 112 Å². The van der Waals surface area contributed by atoms with Crippen LogP contribution in [0.25, 0.3) is 0 Å². The normalized spacial score (nSPS) is 13.3. The number of sulfonamides is 1. The Balaban J connectivity index is 2.81. The number of aromatic nitrogens is 1. The summed E-state index contributed by atoms with van der Waals surface area (Å²) in [6.45, 7) is 1.89. The topological polar surface area (TPSA) is 114 Å². The molecule has 1 amide bonds. The fourth-order valence-corrected chi connectivity index (χ4v) is 2.26. The first kappa shape index (κ1) is 15.7. The van der Waals surface area contributed by atoms with E-state index in [1.807, 2.05) is 6.92 Å². The molecule has 19 heavy (non-hydrogen) atoms. The van der Waals surface area contributed by atoms with Gasteiger partial charge in [-0.05, 0) is 25.8 Å². The van der Waals surface area contributed by atoms with Gasteiger partial charge in [-0.25, -0.2) is 13.6 Å². The molecule has 1 rings (SSSR count). The molecule has 7 nitrogen and oxygen atoms in total. The third kappa shape index (κ3) is 4.34. The van der Waals surface area contributed by atoms with Gasteiger partial charge in [-0.1, -0.05) is 0 Å². The van der Waals surface area contributed by atoms with E-state index in [0.29, 0.717) is 12.8 Å². The lowest BCUT2D eigenvalue weighted by molar-refractivity contribution is 0.0928. The Hall–Kier alpha value is -1.38. The molecule has 1 aromatic heterocycles. The second-order valence-electron chi connectivity index (χ2n) is 4.46. The molecule has 0 aliphatic rings. The van der Waals surface area contributed by atoms with Gasteiger partial charge in [0.25, 0.3) is 5.91 Å². The molecule has 8 heteroatoms. The molecule has 0 spiro atoms. The maximum absolute atomic E-state index is 11.9. The molecule has 1 unspecified atom stereocenters. The third-order valence-corrected chi connectivity index (χ3v) is 3.59. The molecule has 0 aromatic carbocycles. The SMILES string of the molecule is CC(CCCO)NC(=O)c1cc(S(N)(=O)=O)cn1C. The molecular weight excluding hydrogens is 270 g/mol. The van der Waals surface area contributed by atoms with Crippen molar-refractivity contribution in [1.82, 2.24) is 9.88 Å². The Morgan fingerprint density at radius 2 is 2.21 bits per heavy atom. The van der Waals surface area contributed by atoms with Crippen molar-refractivity contribution in [2.75, 3.05) is 6.61 Å². The number of aryl methyl sites for hydroxylation is 1. The maximum Gasteiger partial charge on any atom is 0.268 e. The van der Waals surface area contributed by atoms with Crippen molar-refractivity contribution >= 4 is 15.9 Å². The van der Waals surface area contributed by atoms with Crippen LogP contribution in [0.2, 0.25) is 0 Å². The molecule has 4 N–H and O–H groups in total. The van der Waals surface area contributed by atoms with Gasteiger partial charge >= 0.3 is 0 Å². The van der Waals surface area contributed by atoms with E-state index >= 15 is 0 Å². The summed E-state index contributed by atoms with van der Waals surface area (Å²) in [6, 6.07) is 1.14. The predicted octanol–water partition coefficient (Wildman–Crippen LogP) is -0.437. The highest BCUT2D eigenvalue weighted by Crippen LogP contribution is 2.12. The number of nitrogens with two attached hydrogens (primary N) is 1. The molecule has 0 saturated carbocycles. The summed E-state index contributed by atoms with van der Waals surface area (Å²) >= 11 is 0. The first-order chi connectivity index (χ1) is 8.75. The molecule has 108 valence electrons. The van der Waals surface area contributed by atoms with Gasteiger partial charge in [0, 0.05) is 25.9 Å². The number of hydrogen-bond donors (Lipinski definition) is 3. The van der Waals surface area contributed by atoms with Crippen molar-refractivity contribution in [1.29, 1.82) is 0 Å². The van der Waals surface area contributed by atoms with Crippen molar-refractivity contribution in [2.24, 2.45) is 12.2 Å². The molecule has 0 fully saturated rings. The molecular formula is C11H19N3O4S. The number of aliphatic hydroxyl groups excluding tert-OH is 1. The maximum atomic E-state index is 11.9. The van der Waals surface area contributed by atoms with Crippen LogP contribution in [-0.4, -0.2) is 36.6 Å². The highest BCUT2D eigenvalue weighted by Gasteiger charge is 2.18. The Morgan fingerprint density at radius 3 is 2.68 bits per heavy atom. The van der Waals surface area contributed by atoms with E-state index < -0.39 is 10.0 Å². The van der Waals surface area contributed by atoms with Crippen molar-refractivity contribution in [3.8, 4) is 0 Å². The number of carbonyl (C=O) groups excluding carboxylic acids is 1. The number of nitrogens with one attached hydrogen (secondary N) is 1. The average Bonchev–Trinajstić information content (AvgIpc) is 2.68. The Kier molecular flexibility index (Phi) is 5.10. The fourth-order valence-electron chi connectivity index (χ4n) is 1.68. The highest BCUT2D eigenvalue weighted by atomic mass is 32.2. The van der Waals surface area contributed by atoms with Gasteiger partial charge in [0.2, 0.25) is 10.0 Å². The number of rotatable bonds is 6. The molecule has 0 aliphatic heterocycles. The summed E-state index contributed by atoms with van der Waals surface area (Å²) in [7, 11) is -2.24. The minimum absolute atomic E-state index is 0.0694. The summed E-state index contributed by atoms with van der Waals surface area (Å²) in [5.74, 6) is -0.372. The summed E-state index contributed by atoms with van der Waals surface area (Å²) in [6.07, 6.45) is 2.54. The standard InChI is InChI=1S/C11H19N3O4S/c1-8(4-3-5-15)13-11(16)10-6-9(7-14(10)2)19(12,17)18/h6-8,15H,3-5H2,1-2H3,(H,13,16)(H2,12,17,18). The van der Waals surface area contributed by atoms with Crippen LogP contribution in [0.5, 0.6) is 0 Å². The predicted molar refractivity (Wildman–Crippen MR) is 70.0 cm³/mol. The molecule has 1 heterocycles. The second kappa shape index (κ2) is 6.18. The van der Waals surface area contributed by atoms with Gasteiger partial charge < -0.3 is 15.0 Å². The lowest BCUT2D eigenvalue weighted by Crippen LogP contribution is -2.33. The van der Waals surface area contributed by atoms with Gasteiger partial charge in [0.1, 0.15) is 10.6 Å². The zero-order chi connectivity index (χ0) is 14.6. The van der Waals surface area contributed by atoms with E-state index in [-0.39, 0.29) is 29.1 Å². The van der Waals surface area contributed by atoms with Crippen LogP contribution in [0.15, 0.2) is 17.2 Å². The molecule has 0 bridgehead atoms. The van der Waals surface area contributed by atoms with Gasteiger partial charge in [-0.15, -0.1) is 0 Å². The lowest BCUT2D eigenvalue weighted by Gasteiger charge is -2.13. The smallest absolute Gasteiger partial charge is 0.268 e. The summed E-state index contributed by atoms with van der Waals surface area (Å²) in [5.41, 5.74) is 0.222. The number of nitrogens with zero attached hydrogens (tertiary/aromatic N) is 1. The summed E-state index contributed by atoms with van der Waals surface area (Å²) < 4.78 is 23.8. The highest BCUT2D eigenvalue weighted by molar-refractivity contribution is 7.89. The molecule has 1 aromatic rings. The van der Waals surface area contributed by atoms with Gasteiger partial charge in [0.15, 0.2) is 0 Å².